The smallest absolute Gasteiger partial charge is 0.274 e. The minimum Gasteiger partial charge on any atom is -0.329 e. The molecule has 0 heterocycles. The van der Waals surface area contributed by atoms with Crippen LogP contribution in [-0.2, 0) is 15.0 Å². The van der Waals surface area contributed by atoms with Gasteiger partial charge in [-0.25, -0.2) is 4.89 Å². The molecule has 4 N–H and O–H groups in total. The molecule has 0 bridgehead atoms. The Kier molecular flexibility index (Phi) is 3.39. The fourth-order valence-corrected chi connectivity index (χ4v) is 0.787. The largest absolute Gasteiger partial charge is 0.329 e. The molecule has 0 aliphatic heterocycles. The zero-order valence-corrected chi connectivity index (χ0v) is 6.84. The molecule has 0 saturated carbocycles. The molecule has 1 unspecified atom stereocenters. The van der Waals surface area contributed by atoms with Gasteiger partial charge in [-0.1, -0.05) is 0 Å². The summed E-state index contributed by atoms with van der Waals surface area (Å²) in [5, 5.41) is 7.97. The van der Waals surface area contributed by atoms with Crippen molar-refractivity contribution in [2.24, 2.45) is 5.73 Å². The van der Waals surface area contributed by atoms with Gasteiger partial charge in [0.1, 0.15) is 11.4 Å². The third kappa shape index (κ3) is 2.38. The Labute approximate surface area is 64.6 Å². The minimum atomic E-state index is -4.29. The van der Waals surface area contributed by atoms with Crippen LogP contribution in [0.15, 0.2) is 0 Å². The molecule has 0 aromatic carbocycles. The highest BCUT2D eigenvalue weighted by molar-refractivity contribution is 7.87. The second-order valence-electron chi connectivity index (χ2n) is 2.40. The normalized spacial score (nSPS) is 17.8. The molecule has 0 fully saturated rings. The van der Waals surface area contributed by atoms with E-state index >= 15 is 0 Å². The Balaban J connectivity index is 4.61. The summed E-state index contributed by atoms with van der Waals surface area (Å²) in [6.45, 7) is 0.285. The van der Waals surface area contributed by atoms with Crippen LogP contribution in [0.5, 0.6) is 0 Å². The van der Waals surface area contributed by atoms with Gasteiger partial charge < -0.3 is 5.73 Å². The van der Waals surface area contributed by atoms with Crippen molar-refractivity contribution in [2.75, 3.05) is 13.2 Å². The molecule has 0 amide bonds. The Bertz CT molecular complexity index is 213. The second-order valence-corrected chi connectivity index (χ2v) is 4.34. The van der Waals surface area contributed by atoms with E-state index in [0.29, 0.717) is 0 Å². The fraction of sp³-hybridized carbons (Fsp3) is 1.00. The lowest BCUT2D eigenvalue weighted by Crippen LogP contribution is -2.46. The molecule has 1 atom stereocenters. The third-order valence-corrected chi connectivity index (χ3v) is 2.95. The second kappa shape index (κ2) is 3.46. The monoisotopic (exact) mass is 185 g/mol. The Hall–Kier alpha value is -0.210. The maximum atomic E-state index is 10.6. The van der Waals surface area contributed by atoms with Gasteiger partial charge >= 0.3 is 0 Å². The molecular formula is C4H11NO5S. The SMILES string of the molecule is CC(CN)(COO)S(=O)(=O)O. The molecule has 68 valence electrons. The van der Waals surface area contributed by atoms with Crippen LogP contribution >= 0.6 is 0 Å². The summed E-state index contributed by atoms with van der Waals surface area (Å²) in [5.41, 5.74) is 5.05. The summed E-state index contributed by atoms with van der Waals surface area (Å²) in [4.78, 5) is 3.61. The summed E-state index contributed by atoms with van der Waals surface area (Å²) in [5.74, 6) is 0. The maximum absolute atomic E-state index is 10.6. The van der Waals surface area contributed by atoms with Crippen LogP contribution in [-0.4, -0.2) is 36.1 Å². The molecular weight excluding hydrogens is 174 g/mol. The van der Waals surface area contributed by atoms with Crippen LogP contribution in [0.4, 0.5) is 0 Å². The van der Waals surface area contributed by atoms with Gasteiger partial charge in [-0.3, -0.25) is 9.81 Å². The average Bonchev–Trinajstić information content (AvgIpc) is 1.86. The van der Waals surface area contributed by atoms with E-state index in [9.17, 15) is 8.42 Å². The Morgan fingerprint density at radius 3 is 2.18 bits per heavy atom. The molecule has 0 aliphatic rings. The Morgan fingerprint density at radius 1 is 1.64 bits per heavy atom. The summed E-state index contributed by atoms with van der Waals surface area (Å²) >= 11 is 0. The minimum absolute atomic E-state index is 0.327. The van der Waals surface area contributed by atoms with Gasteiger partial charge in [0, 0.05) is 6.54 Å². The van der Waals surface area contributed by atoms with E-state index in [2.05, 4.69) is 4.89 Å². The topological polar surface area (TPSA) is 110 Å². The van der Waals surface area contributed by atoms with E-state index in [1.165, 1.54) is 6.92 Å². The molecule has 0 radical (unpaired) electrons. The number of hydrogen-bond acceptors (Lipinski definition) is 5. The predicted molar refractivity (Wildman–Crippen MR) is 37.6 cm³/mol. The molecule has 0 aromatic heterocycles. The summed E-state index contributed by atoms with van der Waals surface area (Å²) in [7, 11) is -4.29. The van der Waals surface area contributed by atoms with Crippen molar-refractivity contribution in [1.82, 2.24) is 0 Å². The molecule has 7 heteroatoms. The van der Waals surface area contributed by atoms with Crippen molar-refractivity contribution in [1.29, 1.82) is 0 Å². The van der Waals surface area contributed by atoms with Gasteiger partial charge in [0.05, 0.1) is 0 Å². The third-order valence-electron chi connectivity index (χ3n) is 1.42. The number of hydrogen-bond donors (Lipinski definition) is 3. The predicted octanol–water partition coefficient (Wildman–Crippen LogP) is -0.919. The first-order valence-corrected chi connectivity index (χ1v) is 4.25. The zero-order chi connectivity index (χ0) is 9.12. The van der Waals surface area contributed by atoms with Crippen LogP contribution in [0.1, 0.15) is 6.92 Å². The van der Waals surface area contributed by atoms with Crippen molar-refractivity contribution >= 4 is 10.1 Å². The first-order valence-electron chi connectivity index (χ1n) is 2.81. The fourth-order valence-electron chi connectivity index (χ4n) is 0.375. The van der Waals surface area contributed by atoms with Gasteiger partial charge in [-0.05, 0) is 6.92 Å². The van der Waals surface area contributed by atoms with E-state index in [0.717, 1.165) is 0 Å². The molecule has 6 nitrogen and oxygen atoms in total. The van der Waals surface area contributed by atoms with Crippen molar-refractivity contribution in [3.8, 4) is 0 Å². The molecule has 0 spiro atoms. The highest BCUT2D eigenvalue weighted by Crippen LogP contribution is 2.13. The van der Waals surface area contributed by atoms with Crippen LogP contribution in [0.25, 0.3) is 0 Å². The lowest BCUT2D eigenvalue weighted by atomic mass is 10.2. The van der Waals surface area contributed by atoms with Crippen LogP contribution in [0.2, 0.25) is 0 Å². The molecule has 11 heavy (non-hydrogen) atoms. The van der Waals surface area contributed by atoms with E-state index in [1.54, 1.807) is 0 Å². The zero-order valence-electron chi connectivity index (χ0n) is 6.02. The van der Waals surface area contributed by atoms with Gasteiger partial charge in [0.2, 0.25) is 0 Å². The van der Waals surface area contributed by atoms with Crippen LogP contribution in [0.3, 0.4) is 0 Å². The maximum Gasteiger partial charge on any atom is 0.274 e. The first-order chi connectivity index (χ1) is 4.87. The van der Waals surface area contributed by atoms with E-state index in [-0.39, 0.29) is 6.54 Å². The molecule has 0 aromatic rings. The quantitative estimate of drug-likeness (QED) is 0.297. The summed E-state index contributed by atoms with van der Waals surface area (Å²) in [6.07, 6.45) is 0. The average molecular weight is 185 g/mol. The van der Waals surface area contributed by atoms with E-state index in [1.807, 2.05) is 0 Å². The highest BCUT2D eigenvalue weighted by atomic mass is 32.2. The number of rotatable bonds is 4. The Morgan fingerprint density at radius 2 is 2.09 bits per heavy atom. The van der Waals surface area contributed by atoms with Crippen molar-refractivity contribution in [3.63, 3.8) is 0 Å². The highest BCUT2D eigenvalue weighted by Gasteiger charge is 2.37. The van der Waals surface area contributed by atoms with Crippen molar-refractivity contribution in [2.45, 2.75) is 11.7 Å². The van der Waals surface area contributed by atoms with Crippen LogP contribution in [0, 0.1) is 0 Å². The lowest BCUT2D eigenvalue weighted by molar-refractivity contribution is -0.246. The van der Waals surface area contributed by atoms with Crippen molar-refractivity contribution in [3.05, 3.63) is 0 Å². The van der Waals surface area contributed by atoms with E-state index < -0.39 is 21.5 Å². The first kappa shape index (κ1) is 10.8. The summed E-state index contributed by atoms with van der Waals surface area (Å²) in [6, 6.07) is 0. The molecule has 0 rings (SSSR count). The lowest BCUT2D eigenvalue weighted by Gasteiger charge is -2.21. The summed E-state index contributed by atoms with van der Waals surface area (Å²) < 4.78 is 28.0. The number of nitrogens with two attached hydrogens (primary N) is 1. The standard InChI is InChI=1S/C4H11NO5S/c1-4(2-5,3-10-6)11(7,8)9/h6H,2-3,5H2,1H3,(H,7,8,9). The van der Waals surface area contributed by atoms with Gasteiger partial charge in [0.15, 0.2) is 0 Å². The van der Waals surface area contributed by atoms with Gasteiger partial charge in [-0.2, -0.15) is 8.42 Å². The van der Waals surface area contributed by atoms with Crippen LogP contribution < -0.4 is 5.73 Å². The molecule has 0 aliphatic carbocycles. The van der Waals surface area contributed by atoms with Gasteiger partial charge in [-0.15, -0.1) is 0 Å². The van der Waals surface area contributed by atoms with E-state index in [4.69, 9.17) is 15.5 Å². The molecule has 0 saturated heterocycles. The van der Waals surface area contributed by atoms with Gasteiger partial charge in [0.25, 0.3) is 10.1 Å². The van der Waals surface area contributed by atoms with Crippen molar-refractivity contribution < 1.29 is 23.1 Å².